The predicted molar refractivity (Wildman–Crippen MR) is 91.0 cm³/mol. The van der Waals surface area contributed by atoms with Crippen LogP contribution in [0.25, 0.3) is 11.3 Å². The number of nitrogens with one attached hydrogen (secondary N) is 2. The minimum atomic E-state index is -0.616. The number of benzene rings is 2. The average Bonchev–Trinajstić information content (AvgIpc) is 3.09. The van der Waals surface area contributed by atoms with Crippen LogP contribution in [0.5, 0.6) is 0 Å². The Morgan fingerprint density at radius 1 is 1.12 bits per heavy atom. The van der Waals surface area contributed by atoms with Crippen molar-refractivity contribution in [3.63, 3.8) is 0 Å². The third-order valence-corrected chi connectivity index (χ3v) is 3.90. The second-order valence-electron chi connectivity index (χ2n) is 5.80. The van der Waals surface area contributed by atoms with Crippen LogP contribution in [-0.4, -0.2) is 22.1 Å². The van der Waals surface area contributed by atoms with Gasteiger partial charge in [-0.25, -0.2) is 8.78 Å². The highest BCUT2D eigenvalue weighted by atomic mass is 19.1. The number of aromatic amines is 1. The van der Waals surface area contributed by atoms with Gasteiger partial charge in [-0.15, -0.1) is 0 Å². The van der Waals surface area contributed by atoms with E-state index < -0.39 is 17.7 Å². The summed E-state index contributed by atoms with van der Waals surface area (Å²) in [5, 5.41) is 9.51. The quantitative estimate of drug-likeness (QED) is 0.743. The summed E-state index contributed by atoms with van der Waals surface area (Å²) in [5.41, 5.74) is 1.78. The molecule has 1 heterocycles. The molecular formula is C19H17F2N3O. The zero-order chi connectivity index (χ0) is 17.8. The van der Waals surface area contributed by atoms with Crippen molar-refractivity contribution in [1.82, 2.24) is 15.5 Å². The molecule has 0 fully saturated rings. The fourth-order valence-electron chi connectivity index (χ4n) is 2.67. The van der Waals surface area contributed by atoms with Crippen molar-refractivity contribution in [2.45, 2.75) is 19.4 Å². The molecule has 1 aromatic heterocycles. The average molecular weight is 341 g/mol. The fourth-order valence-corrected chi connectivity index (χ4v) is 2.67. The molecular weight excluding hydrogens is 324 g/mol. The fraction of sp³-hybridized carbons (Fsp3) is 0.158. The van der Waals surface area contributed by atoms with E-state index in [-0.39, 0.29) is 17.9 Å². The Balaban J connectivity index is 1.74. The Morgan fingerprint density at radius 2 is 1.80 bits per heavy atom. The van der Waals surface area contributed by atoms with Crippen LogP contribution in [0.3, 0.4) is 0 Å². The number of amides is 1. The maximum atomic E-state index is 13.7. The summed E-state index contributed by atoms with van der Waals surface area (Å²) in [6.07, 6.45) is 1.50. The monoisotopic (exact) mass is 341 g/mol. The topological polar surface area (TPSA) is 57.8 Å². The molecule has 1 amide bonds. The van der Waals surface area contributed by atoms with Crippen molar-refractivity contribution in [3.8, 4) is 11.3 Å². The normalized spacial score (nSPS) is 12.0. The van der Waals surface area contributed by atoms with Gasteiger partial charge in [0, 0.05) is 17.2 Å². The number of hydrogen-bond donors (Lipinski definition) is 2. The van der Waals surface area contributed by atoms with Gasteiger partial charge in [-0.2, -0.15) is 5.10 Å². The molecule has 4 nitrogen and oxygen atoms in total. The van der Waals surface area contributed by atoms with Crippen LogP contribution in [0.1, 0.15) is 22.8 Å². The van der Waals surface area contributed by atoms with Gasteiger partial charge in [-0.05, 0) is 25.5 Å². The molecule has 128 valence electrons. The van der Waals surface area contributed by atoms with Crippen LogP contribution in [0, 0.1) is 11.6 Å². The molecule has 0 radical (unpaired) electrons. The molecule has 2 aromatic carbocycles. The maximum Gasteiger partial charge on any atom is 0.255 e. The summed E-state index contributed by atoms with van der Waals surface area (Å²) < 4.78 is 27.5. The van der Waals surface area contributed by atoms with E-state index in [1.807, 2.05) is 30.3 Å². The van der Waals surface area contributed by atoms with Gasteiger partial charge in [0.05, 0.1) is 17.5 Å². The van der Waals surface area contributed by atoms with Gasteiger partial charge in [0.15, 0.2) is 0 Å². The molecule has 25 heavy (non-hydrogen) atoms. The number of aromatic nitrogens is 2. The van der Waals surface area contributed by atoms with E-state index in [1.165, 1.54) is 24.4 Å². The molecule has 0 aliphatic heterocycles. The Kier molecular flexibility index (Phi) is 4.88. The summed E-state index contributed by atoms with van der Waals surface area (Å²) in [5.74, 6) is -1.58. The number of halogens is 2. The Labute approximate surface area is 143 Å². The van der Waals surface area contributed by atoms with Crippen molar-refractivity contribution in [2.75, 3.05) is 0 Å². The Morgan fingerprint density at radius 3 is 2.48 bits per heavy atom. The highest BCUT2D eigenvalue weighted by Gasteiger charge is 2.19. The van der Waals surface area contributed by atoms with E-state index in [2.05, 4.69) is 15.5 Å². The van der Waals surface area contributed by atoms with Crippen LogP contribution in [0.2, 0.25) is 0 Å². The first kappa shape index (κ1) is 16.8. The molecule has 0 saturated carbocycles. The second-order valence-corrected chi connectivity index (χ2v) is 5.80. The first-order valence-corrected chi connectivity index (χ1v) is 7.89. The Bertz CT molecular complexity index is 857. The van der Waals surface area contributed by atoms with E-state index >= 15 is 0 Å². The highest BCUT2D eigenvalue weighted by Crippen LogP contribution is 2.21. The van der Waals surface area contributed by atoms with E-state index in [0.29, 0.717) is 11.3 Å². The van der Waals surface area contributed by atoms with Crippen LogP contribution >= 0.6 is 0 Å². The number of carbonyl (C=O) groups is 1. The van der Waals surface area contributed by atoms with Gasteiger partial charge >= 0.3 is 0 Å². The molecule has 2 N–H and O–H groups in total. The zero-order valence-electron chi connectivity index (χ0n) is 13.6. The van der Waals surface area contributed by atoms with Crippen LogP contribution in [0.4, 0.5) is 8.78 Å². The van der Waals surface area contributed by atoms with Crippen molar-refractivity contribution >= 4 is 5.91 Å². The van der Waals surface area contributed by atoms with Crippen molar-refractivity contribution in [1.29, 1.82) is 0 Å². The summed E-state index contributed by atoms with van der Waals surface area (Å²) in [7, 11) is 0. The lowest BCUT2D eigenvalue weighted by molar-refractivity contribution is 0.0940. The standard InChI is InChI=1S/C19H17F2N3O/c1-12(10-14-16(20)8-5-9-17(14)21)23-19(25)15-11-22-24-18(15)13-6-3-2-4-7-13/h2-9,11-12H,10H2,1H3,(H,22,24)(H,23,25). The van der Waals surface area contributed by atoms with Crippen molar-refractivity contribution in [3.05, 3.63) is 77.5 Å². The number of H-pyrrole nitrogens is 1. The Hall–Kier alpha value is -3.02. The molecule has 0 saturated heterocycles. The number of rotatable bonds is 5. The molecule has 1 atom stereocenters. The smallest absolute Gasteiger partial charge is 0.255 e. The van der Waals surface area contributed by atoms with E-state index in [0.717, 1.165) is 5.56 Å². The molecule has 0 spiro atoms. The number of carbonyl (C=O) groups excluding carboxylic acids is 1. The second kappa shape index (κ2) is 7.25. The van der Waals surface area contributed by atoms with Gasteiger partial charge in [0.2, 0.25) is 0 Å². The molecule has 0 aliphatic rings. The largest absolute Gasteiger partial charge is 0.349 e. The third kappa shape index (κ3) is 3.74. The van der Waals surface area contributed by atoms with Gasteiger partial charge < -0.3 is 5.32 Å². The molecule has 6 heteroatoms. The van der Waals surface area contributed by atoms with E-state index in [1.54, 1.807) is 6.92 Å². The molecule has 1 unspecified atom stereocenters. The first-order valence-electron chi connectivity index (χ1n) is 7.89. The van der Waals surface area contributed by atoms with Gasteiger partial charge in [-0.3, -0.25) is 9.89 Å². The van der Waals surface area contributed by atoms with Crippen LogP contribution in [-0.2, 0) is 6.42 Å². The summed E-state index contributed by atoms with van der Waals surface area (Å²) in [6.45, 7) is 1.70. The highest BCUT2D eigenvalue weighted by molar-refractivity contribution is 5.99. The summed E-state index contributed by atoms with van der Waals surface area (Å²) in [4.78, 5) is 12.5. The van der Waals surface area contributed by atoms with Gasteiger partial charge in [-0.1, -0.05) is 36.4 Å². The lowest BCUT2D eigenvalue weighted by atomic mass is 10.0. The lowest BCUT2D eigenvalue weighted by Gasteiger charge is -2.15. The number of nitrogens with zero attached hydrogens (tertiary/aromatic N) is 1. The van der Waals surface area contributed by atoms with Crippen LogP contribution in [0.15, 0.2) is 54.7 Å². The SMILES string of the molecule is CC(Cc1c(F)cccc1F)NC(=O)c1cn[nH]c1-c1ccccc1. The summed E-state index contributed by atoms with van der Waals surface area (Å²) in [6, 6.07) is 12.6. The van der Waals surface area contributed by atoms with Crippen molar-refractivity contribution < 1.29 is 13.6 Å². The minimum absolute atomic E-state index is 0.0363. The molecule has 0 aliphatic carbocycles. The van der Waals surface area contributed by atoms with Gasteiger partial charge in [0.1, 0.15) is 11.6 Å². The van der Waals surface area contributed by atoms with Crippen molar-refractivity contribution in [2.24, 2.45) is 0 Å². The predicted octanol–water partition coefficient (Wildman–Crippen LogP) is 3.72. The molecule has 0 bridgehead atoms. The first-order chi connectivity index (χ1) is 12.1. The molecule has 3 aromatic rings. The molecule has 3 rings (SSSR count). The summed E-state index contributed by atoms with van der Waals surface area (Å²) >= 11 is 0. The zero-order valence-corrected chi connectivity index (χ0v) is 13.6. The lowest BCUT2D eigenvalue weighted by Crippen LogP contribution is -2.34. The van der Waals surface area contributed by atoms with E-state index in [4.69, 9.17) is 0 Å². The third-order valence-electron chi connectivity index (χ3n) is 3.90. The number of hydrogen-bond acceptors (Lipinski definition) is 2. The van der Waals surface area contributed by atoms with Gasteiger partial charge in [0.25, 0.3) is 5.91 Å². The van der Waals surface area contributed by atoms with Crippen LogP contribution < -0.4 is 5.32 Å². The maximum absolute atomic E-state index is 13.7. The minimum Gasteiger partial charge on any atom is -0.349 e. The van der Waals surface area contributed by atoms with E-state index in [9.17, 15) is 13.6 Å².